The van der Waals surface area contributed by atoms with E-state index in [1.54, 1.807) is 18.2 Å². The second-order valence-corrected chi connectivity index (χ2v) is 15.7. The highest BCUT2D eigenvalue weighted by Gasteiger charge is 2.00. The van der Waals surface area contributed by atoms with Crippen molar-refractivity contribution in [2.24, 2.45) is 0 Å². The summed E-state index contributed by atoms with van der Waals surface area (Å²) in [5.41, 5.74) is 1.84. The second-order valence-electron chi connectivity index (χ2n) is 15.7. The largest absolute Gasteiger partial charge is 0.508 e. The number of ketones is 1. The van der Waals surface area contributed by atoms with Crippen molar-refractivity contribution in [2.75, 3.05) is 13.2 Å². The van der Waals surface area contributed by atoms with E-state index in [0.29, 0.717) is 0 Å². The van der Waals surface area contributed by atoms with Gasteiger partial charge in [0.15, 0.2) is 5.78 Å². The van der Waals surface area contributed by atoms with Gasteiger partial charge in [-0.25, -0.2) is 0 Å². The Morgan fingerprint density at radius 2 is 0.727 bits per heavy atom. The first-order valence-corrected chi connectivity index (χ1v) is 22.9. The minimum atomic E-state index is -0.271. The molecule has 0 spiro atoms. The van der Waals surface area contributed by atoms with Crippen molar-refractivity contribution < 1.29 is 19.4 Å². The number of rotatable bonds is 37. The monoisotopic (exact) mass is 757 g/mol. The Bertz CT molecular complexity index is 1260. The molecule has 0 aromatic heterocycles. The molecule has 2 aromatic rings. The van der Waals surface area contributed by atoms with Crippen molar-refractivity contribution in [1.29, 1.82) is 0 Å². The molecule has 2 aromatic carbocycles. The Balaban J connectivity index is 1.49. The van der Waals surface area contributed by atoms with Crippen molar-refractivity contribution in [1.82, 2.24) is 0 Å². The summed E-state index contributed by atoms with van der Waals surface area (Å²) in [6.07, 6.45) is 45.6. The SMILES string of the molecule is CCCCCCCCCCCCCCCCOc1ccc(/C=C/C(=O)/C=C(O)/C=C/c2ccc(OCCCCCCCCCCCCCCCC)cc2)cc1. The second kappa shape index (κ2) is 35.2. The molecule has 2 rings (SSSR count). The van der Waals surface area contributed by atoms with Gasteiger partial charge in [-0.05, 0) is 60.4 Å². The third-order valence-electron chi connectivity index (χ3n) is 10.5. The van der Waals surface area contributed by atoms with Crippen molar-refractivity contribution in [3.05, 3.63) is 83.6 Å². The van der Waals surface area contributed by atoms with E-state index in [2.05, 4.69) is 13.8 Å². The van der Waals surface area contributed by atoms with Gasteiger partial charge in [0.2, 0.25) is 0 Å². The van der Waals surface area contributed by atoms with Gasteiger partial charge < -0.3 is 14.6 Å². The van der Waals surface area contributed by atoms with E-state index in [4.69, 9.17) is 9.47 Å². The minimum absolute atomic E-state index is 0.0833. The summed E-state index contributed by atoms with van der Waals surface area (Å²) in [7, 11) is 0. The summed E-state index contributed by atoms with van der Waals surface area (Å²) in [6, 6.07) is 15.6. The van der Waals surface area contributed by atoms with Crippen LogP contribution >= 0.6 is 0 Å². The van der Waals surface area contributed by atoms with Crippen LogP contribution in [0.2, 0.25) is 0 Å². The van der Waals surface area contributed by atoms with E-state index in [1.165, 1.54) is 179 Å². The third-order valence-corrected chi connectivity index (χ3v) is 10.5. The normalized spacial score (nSPS) is 11.9. The van der Waals surface area contributed by atoms with Crippen molar-refractivity contribution in [3.8, 4) is 11.5 Å². The molecule has 0 aliphatic rings. The van der Waals surface area contributed by atoms with Crippen LogP contribution < -0.4 is 9.47 Å². The van der Waals surface area contributed by atoms with Gasteiger partial charge >= 0.3 is 0 Å². The zero-order chi connectivity index (χ0) is 39.3. The van der Waals surface area contributed by atoms with Gasteiger partial charge in [0, 0.05) is 6.08 Å². The number of hydrogen-bond donors (Lipinski definition) is 1. The average molecular weight is 757 g/mol. The molecular formula is C51H80O4. The molecule has 1 N–H and O–H groups in total. The van der Waals surface area contributed by atoms with Crippen LogP contribution in [0, 0.1) is 0 Å². The lowest BCUT2D eigenvalue weighted by molar-refractivity contribution is -0.110. The molecule has 0 bridgehead atoms. The quantitative estimate of drug-likeness (QED) is 0.0323. The minimum Gasteiger partial charge on any atom is -0.508 e. The molecular weight excluding hydrogens is 677 g/mol. The number of allylic oxidation sites excluding steroid dienone is 3. The van der Waals surface area contributed by atoms with Crippen molar-refractivity contribution in [2.45, 2.75) is 194 Å². The average Bonchev–Trinajstić information content (AvgIpc) is 3.20. The molecule has 0 radical (unpaired) electrons. The molecule has 55 heavy (non-hydrogen) atoms. The van der Waals surface area contributed by atoms with E-state index in [0.717, 1.165) is 48.7 Å². The highest BCUT2D eigenvalue weighted by molar-refractivity contribution is 6.02. The van der Waals surface area contributed by atoms with E-state index in [1.807, 2.05) is 48.5 Å². The maximum Gasteiger partial charge on any atom is 0.182 e. The number of carbonyl (C=O) groups is 1. The van der Waals surface area contributed by atoms with E-state index in [-0.39, 0.29) is 11.5 Å². The van der Waals surface area contributed by atoms with Crippen LogP contribution in [0.1, 0.15) is 205 Å². The summed E-state index contributed by atoms with van der Waals surface area (Å²) < 4.78 is 11.9. The molecule has 0 amide bonds. The zero-order valence-electron chi connectivity index (χ0n) is 35.4. The first-order valence-electron chi connectivity index (χ1n) is 22.9. The van der Waals surface area contributed by atoms with Gasteiger partial charge in [0.25, 0.3) is 0 Å². The summed E-state index contributed by atoms with van der Waals surface area (Å²) in [6.45, 7) is 6.04. The fourth-order valence-electron chi connectivity index (χ4n) is 6.93. The molecule has 4 nitrogen and oxygen atoms in total. The highest BCUT2D eigenvalue weighted by Crippen LogP contribution is 2.18. The van der Waals surface area contributed by atoms with Crippen molar-refractivity contribution in [3.63, 3.8) is 0 Å². The van der Waals surface area contributed by atoms with Crippen LogP contribution in [0.3, 0.4) is 0 Å². The Kier molecular flexibility index (Phi) is 30.6. The lowest BCUT2D eigenvalue weighted by Crippen LogP contribution is -1.97. The standard InChI is InChI=1S/C51H80O4/c1-3-5-7-9-11-13-15-17-19-21-23-25-27-29-43-54-50-39-33-46(34-40-50)31-37-48(52)45-49(53)38-32-47-35-41-51(42-36-47)55-44-30-28-26-24-22-20-18-16-14-12-10-8-6-4-2/h31-42,45,52H,3-30,43-44H2,1-2H3/b37-31+,38-32+,48-45-. The molecule has 0 heterocycles. The Morgan fingerprint density at radius 1 is 0.436 bits per heavy atom. The zero-order valence-corrected chi connectivity index (χ0v) is 35.4. The smallest absolute Gasteiger partial charge is 0.182 e. The molecule has 0 saturated carbocycles. The van der Waals surface area contributed by atoms with Crippen LogP contribution in [-0.2, 0) is 4.79 Å². The van der Waals surface area contributed by atoms with Crippen LogP contribution in [0.4, 0.5) is 0 Å². The molecule has 0 unspecified atom stereocenters. The lowest BCUT2D eigenvalue weighted by atomic mass is 10.0. The van der Waals surface area contributed by atoms with Crippen LogP contribution in [0.5, 0.6) is 11.5 Å². The summed E-state index contributed by atoms with van der Waals surface area (Å²) >= 11 is 0. The summed E-state index contributed by atoms with van der Waals surface area (Å²) in [4.78, 5) is 12.4. The first-order chi connectivity index (χ1) is 27.1. The molecule has 0 aliphatic carbocycles. The van der Waals surface area contributed by atoms with Crippen LogP contribution in [0.25, 0.3) is 12.2 Å². The number of unbranched alkanes of at least 4 members (excludes halogenated alkanes) is 26. The van der Waals surface area contributed by atoms with E-state index in [9.17, 15) is 9.90 Å². The van der Waals surface area contributed by atoms with Gasteiger partial charge in [0.1, 0.15) is 17.3 Å². The van der Waals surface area contributed by atoms with Gasteiger partial charge in [-0.1, -0.05) is 217 Å². The first kappa shape index (κ1) is 47.9. The number of benzene rings is 2. The van der Waals surface area contributed by atoms with Gasteiger partial charge in [-0.15, -0.1) is 0 Å². The summed E-state index contributed by atoms with van der Waals surface area (Å²) in [5, 5.41) is 10.3. The molecule has 0 fully saturated rings. The molecule has 0 atom stereocenters. The number of hydrogen-bond acceptors (Lipinski definition) is 4. The van der Waals surface area contributed by atoms with Crippen LogP contribution in [-0.4, -0.2) is 24.1 Å². The summed E-state index contributed by atoms with van der Waals surface area (Å²) in [5.74, 6) is 1.36. The Morgan fingerprint density at radius 3 is 1.05 bits per heavy atom. The third kappa shape index (κ3) is 28.8. The highest BCUT2D eigenvalue weighted by atomic mass is 16.5. The van der Waals surface area contributed by atoms with E-state index >= 15 is 0 Å². The number of carbonyl (C=O) groups excluding carboxylic acids is 1. The predicted octanol–water partition coefficient (Wildman–Crippen LogP) is 16.1. The number of aliphatic hydroxyl groups excluding tert-OH is 1. The molecule has 308 valence electrons. The van der Waals surface area contributed by atoms with Gasteiger partial charge in [0.05, 0.1) is 13.2 Å². The van der Waals surface area contributed by atoms with Crippen LogP contribution in [0.15, 0.2) is 72.5 Å². The van der Waals surface area contributed by atoms with E-state index < -0.39 is 0 Å². The predicted molar refractivity (Wildman–Crippen MR) is 238 cm³/mol. The van der Waals surface area contributed by atoms with Gasteiger partial charge in [-0.2, -0.15) is 0 Å². The topological polar surface area (TPSA) is 55.8 Å². The Labute approximate surface area is 338 Å². The molecule has 0 aliphatic heterocycles. The van der Waals surface area contributed by atoms with Gasteiger partial charge in [-0.3, -0.25) is 4.79 Å². The lowest BCUT2D eigenvalue weighted by Gasteiger charge is -2.07. The molecule has 0 saturated heterocycles. The number of aliphatic hydroxyl groups is 1. The maximum atomic E-state index is 12.4. The maximum absolute atomic E-state index is 12.4. The fraction of sp³-hybridized carbons (Fsp3) is 0.627. The molecule has 4 heteroatoms. The Hall–Kier alpha value is -3.27. The van der Waals surface area contributed by atoms with Crippen molar-refractivity contribution >= 4 is 17.9 Å². The fourth-order valence-corrected chi connectivity index (χ4v) is 6.93. The number of ether oxygens (including phenoxy) is 2.